The molecule has 0 saturated heterocycles. The van der Waals surface area contributed by atoms with Crippen LogP contribution in [0.25, 0.3) is 10.8 Å². The van der Waals surface area contributed by atoms with Gasteiger partial charge in [0.05, 0.1) is 17.8 Å². The number of fused-ring (bicyclic) bond motifs is 1. The lowest BCUT2D eigenvalue weighted by molar-refractivity contribution is -0.0222. The van der Waals surface area contributed by atoms with Gasteiger partial charge in [-0.15, -0.1) is 0 Å². The fourth-order valence-corrected chi connectivity index (χ4v) is 4.44. The van der Waals surface area contributed by atoms with Crippen LogP contribution in [-0.4, -0.2) is 16.2 Å². The van der Waals surface area contributed by atoms with E-state index in [2.05, 4.69) is 37.9 Å². The number of nitrogens with two attached hydrogens (primary N) is 1. The molecule has 0 bridgehead atoms. The third-order valence-electron chi connectivity index (χ3n) is 5.12. The Morgan fingerprint density at radius 1 is 1.18 bits per heavy atom. The second-order valence-electron chi connectivity index (χ2n) is 7.95. The van der Waals surface area contributed by atoms with Gasteiger partial charge in [-0.25, -0.2) is 0 Å². The standard InChI is InChI=1S/C19H26N2O/c1-18(2)10-14(22)11-19(3,12-18)17(20)16-15-7-5-4-6-13(15)8-9-21-16/h4-9,14,17,22H,10-12,20H2,1-3H3. The summed E-state index contributed by atoms with van der Waals surface area (Å²) >= 11 is 0. The van der Waals surface area contributed by atoms with Gasteiger partial charge in [-0.3, -0.25) is 4.98 Å². The van der Waals surface area contributed by atoms with Crippen molar-refractivity contribution in [3.63, 3.8) is 0 Å². The van der Waals surface area contributed by atoms with Crippen molar-refractivity contribution >= 4 is 10.8 Å². The summed E-state index contributed by atoms with van der Waals surface area (Å²) in [5.41, 5.74) is 7.59. The molecule has 1 saturated carbocycles. The Hall–Kier alpha value is -1.45. The highest BCUT2D eigenvalue weighted by Crippen LogP contribution is 2.51. The van der Waals surface area contributed by atoms with E-state index < -0.39 is 0 Å². The SMILES string of the molecule is CC1(C)CC(O)CC(C)(C(N)c2nccc3ccccc23)C1. The summed E-state index contributed by atoms with van der Waals surface area (Å²) in [5.74, 6) is 0. The zero-order valence-corrected chi connectivity index (χ0v) is 13.7. The van der Waals surface area contributed by atoms with Gasteiger partial charge in [0.25, 0.3) is 0 Å². The monoisotopic (exact) mass is 298 g/mol. The van der Waals surface area contributed by atoms with Crippen molar-refractivity contribution in [3.8, 4) is 0 Å². The van der Waals surface area contributed by atoms with Crippen LogP contribution in [0, 0.1) is 10.8 Å². The number of benzene rings is 1. The molecule has 0 spiro atoms. The van der Waals surface area contributed by atoms with Gasteiger partial charge in [0, 0.05) is 11.6 Å². The molecule has 3 heteroatoms. The number of hydrogen-bond acceptors (Lipinski definition) is 3. The highest BCUT2D eigenvalue weighted by Gasteiger charge is 2.45. The van der Waals surface area contributed by atoms with E-state index in [9.17, 15) is 5.11 Å². The molecule has 3 unspecified atom stereocenters. The number of pyridine rings is 1. The van der Waals surface area contributed by atoms with Crippen LogP contribution >= 0.6 is 0 Å². The van der Waals surface area contributed by atoms with Crippen LogP contribution in [-0.2, 0) is 0 Å². The molecule has 2 aromatic rings. The minimum atomic E-state index is -0.283. The van der Waals surface area contributed by atoms with E-state index in [4.69, 9.17) is 5.73 Å². The molecular formula is C19H26N2O. The summed E-state index contributed by atoms with van der Waals surface area (Å²) in [6.07, 6.45) is 4.14. The molecule has 3 rings (SSSR count). The molecule has 3 atom stereocenters. The van der Waals surface area contributed by atoms with Gasteiger partial charge in [0.1, 0.15) is 0 Å². The first kappa shape index (κ1) is 15.4. The normalized spacial score (nSPS) is 29.4. The molecular weight excluding hydrogens is 272 g/mol. The van der Waals surface area contributed by atoms with Gasteiger partial charge in [-0.1, -0.05) is 45.0 Å². The van der Waals surface area contributed by atoms with E-state index in [1.54, 1.807) is 0 Å². The van der Waals surface area contributed by atoms with Gasteiger partial charge in [0.15, 0.2) is 0 Å². The molecule has 0 aliphatic heterocycles. The minimum absolute atomic E-state index is 0.106. The van der Waals surface area contributed by atoms with Crippen molar-refractivity contribution in [3.05, 3.63) is 42.2 Å². The first-order valence-corrected chi connectivity index (χ1v) is 8.08. The predicted octanol–water partition coefficient (Wildman–Crippen LogP) is 3.81. The lowest BCUT2D eigenvalue weighted by Crippen LogP contribution is -2.44. The minimum Gasteiger partial charge on any atom is -0.393 e. The Bertz CT molecular complexity index is 677. The van der Waals surface area contributed by atoms with Gasteiger partial charge in [0.2, 0.25) is 0 Å². The summed E-state index contributed by atoms with van der Waals surface area (Å²) in [6, 6.07) is 10.1. The maximum atomic E-state index is 10.3. The number of aliphatic hydroxyl groups excluding tert-OH is 1. The third-order valence-corrected chi connectivity index (χ3v) is 5.12. The van der Waals surface area contributed by atoms with E-state index in [0.717, 1.165) is 30.3 Å². The van der Waals surface area contributed by atoms with E-state index in [-0.39, 0.29) is 23.0 Å². The fraction of sp³-hybridized carbons (Fsp3) is 0.526. The van der Waals surface area contributed by atoms with Crippen molar-refractivity contribution in [2.45, 2.75) is 52.2 Å². The number of nitrogens with zero attached hydrogens (tertiary/aromatic N) is 1. The van der Waals surface area contributed by atoms with E-state index >= 15 is 0 Å². The van der Waals surface area contributed by atoms with Crippen molar-refractivity contribution < 1.29 is 5.11 Å². The Labute approximate surface area is 132 Å². The Kier molecular flexibility index (Phi) is 3.74. The molecule has 1 aromatic carbocycles. The molecule has 1 aliphatic rings. The first-order chi connectivity index (χ1) is 10.3. The molecule has 3 N–H and O–H groups in total. The number of rotatable bonds is 2. The molecule has 3 nitrogen and oxygen atoms in total. The van der Waals surface area contributed by atoms with Crippen molar-refractivity contribution in [2.24, 2.45) is 16.6 Å². The van der Waals surface area contributed by atoms with Crippen LogP contribution in [0.2, 0.25) is 0 Å². The van der Waals surface area contributed by atoms with Crippen LogP contribution in [0.3, 0.4) is 0 Å². The van der Waals surface area contributed by atoms with E-state index in [1.165, 1.54) is 5.39 Å². The molecule has 0 amide bonds. The smallest absolute Gasteiger partial charge is 0.0654 e. The van der Waals surface area contributed by atoms with Crippen LogP contribution in [0.15, 0.2) is 36.5 Å². The van der Waals surface area contributed by atoms with Gasteiger partial charge in [-0.2, -0.15) is 0 Å². The first-order valence-electron chi connectivity index (χ1n) is 8.08. The second-order valence-corrected chi connectivity index (χ2v) is 7.95. The van der Waals surface area contributed by atoms with Gasteiger partial charge in [-0.05, 0) is 41.5 Å². The predicted molar refractivity (Wildman–Crippen MR) is 90.4 cm³/mol. The average Bonchev–Trinajstić information content (AvgIpc) is 2.43. The molecule has 118 valence electrons. The van der Waals surface area contributed by atoms with E-state index in [1.807, 2.05) is 24.4 Å². The number of aliphatic hydroxyl groups is 1. The largest absolute Gasteiger partial charge is 0.393 e. The Balaban J connectivity index is 2.03. The maximum absolute atomic E-state index is 10.3. The second kappa shape index (κ2) is 5.32. The average molecular weight is 298 g/mol. The number of hydrogen-bond donors (Lipinski definition) is 2. The van der Waals surface area contributed by atoms with Crippen molar-refractivity contribution in [2.75, 3.05) is 0 Å². The molecule has 0 radical (unpaired) electrons. The molecule has 22 heavy (non-hydrogen) atoms. The topological polar surface area (TPSA) is 59.1 Å². The third kappa shape index (κ3) is 2.75. The fourth-order valence-electron chi connectivity index (χ4n) is 4.44. The highest BCUT2D eigenvalue weighted by atomic mass is 16.3. The van der Waals surface area contributed by atoms with Crippen LogP contribution in [0.5, 0.6) is 0 Å². The molecule has 1 aliphatic carbocycles. The van der Waals surface area contributed by atoms with Gasteiger partial charge < -0.3 is 10.8 Å². The van der Waals surface area contributed by atoms with Crippen LogP contribution in [0.4, 0.5) is 0 Å². The van der Waals surface area contributed by atoms with Crippen LogP contribution < -0.4 is 5.73 Å². The lowest BCUT2D eigenvalue weighted by Gasteiger charge is -2.48. The Morgan fingerprint density at radius 3 is 2.64 bits per heavy atom. The summed E-state index contributed by atoms with van der Waals surface area (Å²) < 4.78 is 0. The zero-order valence-electron chi connectivity index (χ0n) is 13.7. The van der Waals surface area contributed by atoms with E-state index in [0.29, 0.717) is 0 Å². The molecule has 1 fully saturated rings. The number of aromatic nitrogens is 1. The van der Waals surface area contributed by atoms with Gasteiger partial charge >= 0.3 is 0 Å². The Morgan fingerprint density at radius 2 is 1.91 bits per heavy atom. The van der Waals surface area contributed by atoms with Crippen molar-refractivity contribution in [1.29, 1.82) is 0 Å². The molecule has 1 heterocycles. The van der Waals surface area contributed by atoms with Crippen LogP contribution in [0.1, 0.15) is 51.8 Å². The summed E-state index contributed by atoms with van der Waals surface area (Å²) in [4.78, 5) is 4.59. The van der Waals surface area contributed by atoms with Crippen molar-refractivity contribution in [1.82, 2.24) is 4.98 Å². The highest BCUT2D eigenvalue weighted by molar-refractivity contribution is 5.84. The summed E-state index contributed by atoms with van der Waals surface area (Å²) in [6.45, 7) is 6.64. The summed E-state index contributed by atoms with van der Waals surface area (Å²) in [7, 11) is 0. The summed E-state index contributed by atoms with van der Waals surface area (Å²) in [5, 5.41) is 12.6. The molecule has 1 aromatic heterocycles. The lowest BCUT2D eigenvalue weighted by atomic mass is 9.60. The maximum Gasteiger partial charge on any atom is 0.0654 e. The quantitative estimate of drug-likeness (QED) is 0.886. The zero-order chi connectivity index (χ0) is 16.0.